The summed E-state index contributed by atoms with van der Waals surface area (Å²) in [5.74, 6) is -1.22. The number of hydrogen-bond acceptors (Lipinski definition) is 5. The number of carboxylic acid groups (broad SMARTS) is 1. The number of aliphatic hydroxyl groups excluding tert-OH is 2. The molecule has 0 spiro atoms. The van der Waals surface area contributed by atoms with Crippen molar-refractivity contribution < 1.29 is 20.1 Å². The summed E-state index contributed by atoms with van der Waals surface area (Å²) in [6.07, 6.45) is -3.37. The molecule has 0 radical (unpaired) electrons. The van der Waals surface area contributed by atoms with Crippen LogP contribution < -0.4 is 5.73 Å². The third kappa shape index (κ3) is 3.17. The first-order chi connectivity index (χ1) is 7.95. The molecule has 6 heteroatoms. The molecule has 1 aromatic rings. The van der Waals surface area contributed by atoms with Crippen LogP contribution in [0.15, 0.2) is 18.2 Å². The van der Waals surface area contributed by atoms with Crippen molar-refractivity contribution in [1.29, 1.82) is 5.26 Å². The van der Waals surface area contributed by atoms with Gasteiger partial charge in [0.25, 0.3) is 0 Å². The molecule has 0 heterocycles. The van der Waals surface area contributed by atoms with Gasteiger partial charge in [0.1, 0.15) is 12.2 Å². The molecule has 1 rings (SSSR count). The molecule has 0 aliphatic rings. The summed E-state index contributed by atoms with van der Waals surface area (Å²) in [4.78, 5) is 10.4. The maximum atomic E-state index is 10.4. The van der Waals surface area contributed by atoms with Crippen LogP contribution in [0.4, 0.5) is 5.69 Å². The van der Waals surface area contributed by atoms with E-state index in [9.17, 15) is 15.0 Å². The summed E-state index contributed by atoms with van der Waals surface area (Å²) in [5, 5.41) is 36.3. The van der Waals surface area contributed by atoms with Crippen LogP contribution in [0, 0.1) is 11.3 Å². The normalized spacial score (nSPS) is 13.7. The summed E-state index contributed by atoms with van der Waals surface area (Å²) in [7, 11) is 0. The highest BCUT2D eigenvalue weighted by Gasteiger charge is 2.21. The van der Waals surface area contributed by atoms with Gasteiger partial charge in [-0.15, -0.1) is 0 Å². The Hall–Kier alpha value is -2.10. The van der Waals surface area contributed by atoms with Crippen molar-refractivity contribution in [3.8, 4) is 6.07 Å². The van der Waals surface area contributed by atoms with Crippen LogP contribution in [-0.2, 0) is 4.79 Å². The molecular formula is C11H12N2O4. The Morgan fingerprint density at radius 2 is 2.12 bits per heavy atom. The van der Waals surface area contributed by atoms with Crippen LogP contribution in [-0.4, -0.2) is 27.4 Å². The maximum Gasteiger partial charge on any atom is 0.306 e. The Balaban J connectivity index is 2.93. The van der Waals surface area contributed by atoms with Crippen molar-refractivity contribution in [2.75, 3.05) is 5.73 Å². The molecule has 0 saturated carbocycles. The highest BCUT2D eigenvalue weighted by atomic mass is 16.4. The molecule has 0 saturated heterocycles. The minimum Gasteiger partial charge on any atom is -0.481 e. The van der Waals surface area contributed by atoms with E-state index in [-0.39, 0.29) is 16.8 Å². The van der Waals surface area contributed by atoms with E-state index in [0.717, 1.165) is 0 Å². The van der Waals surface area contributed by atoms with Crippen molar-refractivity contribution >= 4 is 11.7 Å². The van der Waals surface area contributed by atoms with Gasteiger partial charge in [-0.25, -0.2) is 0 Å². The average molecular weight is 236 g/mol. The molecule has 90 valence electrons. The summed E-state index contributed by atoms with van der Waals surface area (Å²) >= 11 is 0. The lowest BCUT2D eigenvalue weighted by Crippen LogP contribution is -2.21. The fourth-order valence-corrected chi connectivity index (χ4v) is 1.37. The van der Waals surface area contributed by atoms with Gasteiger partial charge in [0, 0.05) is 5.69 Å². The van der Waals surface area contributed by atoms with Crippen molar-refractivity contribution in [1.82, 2.24) is 0 Å². The van der Waals surface area contributed by atoms with E-state index in [4.69, 9.17) is 16.1 Å². The van der Waals surface area contributed by atoms with E-state index in [0.29, 0.717) is 0 Å². The van der Waals surface area contributed by atoms with E-state index < -0.39 is 24.6 Å². The number of anilines is 1. The predicted octanol–water partition coefficient (Wildman–Crippen LogP) is 0.00948. The molecule has 0 fully saturated rings. The molecule has 2 unspecified atom stereocenters. The zero-order valence-electron chi connectivity index (χ0n) is 8.87. The first-order valence-electron chi connectivity index (χ1n) is 4.83. The summed E-state index contributed by atoms with van der Waals surface area (Å²) in [6, 6.07) is 6.02. The van der Waals surface area contributed by atoms with Crippen molar-refractivity contribution in [2.24, 2.45) is 0 Å². The number of nitrogens with two attached hydrogens (primary N) is 1. The summed E-state index contributed by atoms with van der Waals surface area (Å²) in [6.45, 7) is 0. The molecule has 5 N–H and O–H groups in total. The van der Waals surface area contributed by atoms with Crippen LogP contribution in [0.1, 0.15) is 23.7 Å². The number of nitrogen functional groups attached to an aromatic ring is 1. The van der Waals surface area contributed by atoms with Crippen LogP contribution in [0.25, 0.3) is 0 Å². The molecule has 1 aromatic carbocycles. The van der Waals surface area contributed by atoms with Crippen molar-refractivity contribution in [3.05, 3.63) is 29.3 Å². The molecule has 17 heavy (non-hydrogen) atoms. The molecule has 6 nitrogen and oxygen atoms in total. The van der Waals surface area contributed by atoms with Gasteiger partial charge in [-0.05, 0) is 17.7 Å². The smallest absolute Gasteiger partial charge is 0.306 e. The van der Waals surface area contributed by atoms with Gasteiger partial charge >= 0.3 is 5.97 Å². The Bertz CT molecular complexity index is 467. The third-order valence-electron chi connectivity index (χ3n) is 2.29. The Morgan fingerprint density at radius 1 is 1.47 bits per heavy atom. The van der Waals surface area contributed by atoms with Gasteiger partial charge in [-0.1, -0.05) is 6.07 Å². The quantitative estimate of drug-likeness (QED) is 0.545. The van der Waals surface area contributed by atoms with E-state index in [1.54, 1.807) is 0 Å². The number of rotatable bonds is 4. The minimum atomic E-state index is -1.43. The van der Waals surface area contributed by atoms with E-state index in [2.05, 4.69) is 0 Å². The highest BCUT2D eigenvalue weighted by Crippen LogP contribution is 2.22. The lowest BCUT2D eigenvalue weighted by Gasteiger charge is -2.16. The number of hydrogen-bond donors (Lipinski definition) is 4. The second-order valence-corrected chi connectivity index (χ2v) is 3.57. The standard InChI is InChI=1S/C11H12N2O4/c12-5-7-3-6(1-2-8(7)13)11(17)9(14)4-10(15)16/h1-3,9,11,14,17H,4,13H2,(H,15,16). The largest absolute Gasteiger partial charge is 0.481 e. The predicted molar refractivity (Wildman–Crippen MR) is 58.8 cm³/mol. The Kier molecular flexibility index (Phi) is 4.04. The number of aliphatic carboxylic acids is 1. The second-order valence-electron chi connectivity index (χ2n) is 3.57. The first kappa shape index (κ1) is 13.0. The number of carboxylic acids is 1. The van der Waals surface area contributed by atoms with Gasteiger partial charge in [-0.3, -0.25) is 4.79 Å². The van der Waals surface area contributed by atoms with E-state index in [1.165, 1.54) is 18.2 Å². The monoisotopic (exact) mass is 236 g/mol. The molecular weight excluding hydrogens is 224 g/mol. The number of nitrogens with zero attached hydrogens (tertiary/aromatic N) is 1. The third-order valence-corrected chi connectivity index (χ3v) is 2.29. The fourth-order valence-electron chi connectivity index (χ4n) is 1.37. The molecule has 0 aliphatic carbocycles. The van der Waals surface area contributed by atoms with Gasteiger partial charge in [0.2, 0.25) is 0 Å². The topological polar surface area (TPSA) is 128 Å². The number of carbonyl (C=O) groups is 1. The van der Waals surface area contributed by atoms with E-state index >= 15 is 0 Å². The molecule has 2 atom stereocenters. The second kappa shape index (κ2) is 5.30. The molecule has 0 aliphatic heterocycles. The summed E-state index contributed by atoms with van der Waals surface area (Å²) < 4.78 is 0. The molecule has 0 bridgehead atoms. The first-order valence-corrected chi connectivity index (χ1v) is 4.83. The number of nitriles is 1. The Labute approximate surface area is 97.5 Å². The van der Waals surface area contributed by atoms with Gasteiger partial charge < -0.3 is 21.1 Å². The maximum absolute atomic E-state index is 10.4. The lowest BCUT2D eigenvalue weighted by atomic mass is 9.99. The highest BCUT2D eigenvalue weighted by molar-refractivity contribution is 5.67. The minimum absolute atomic E-state index is 0.170. The van der Waals surface area contributed by atoms with Crippen LogP contribution >= 0.6 is 0 Å². The number of aliphatic hydroxyl groups is 2. The van der Waals surface area contributed by atoms with Crippen LogP contribution in [0.5, 0.6) is 0 Å². The SMILES string of the molecule is N#Cc1cc(C(O)C(O)CC(=O)O)ccc1N. The van der Waals surface area contributed by atoms with Crippen molar-refractivity contribution in [3.63, 3.8) is 0 Å². The van der Waals surface area contributed by atoms with Crippen LogP contribution in [0.2, 0.25) is 0 Å². The van der Waals surface area contributed by atoms with Crippen LogP contribution in [0.3, 0.4) is 0 Å². The van der Waals surface area contributed by atoms with Gasteiger partial charge in [0.15, 0.2) is 0 Å². The molecule has 0 aromatic heterocycles. The lowest BCUT2D eigenvalue weighted by molar-refractivity contribution is -0.141. The average Bonchev–Trinajstić information content (AvgIpc) is 2.27. The zero-order valence-corrected chi connectivity index (χ0v) is 8.87. The number of benzene rings is 1. The van der Waals surface area contributed by atoms with Gasteiger partial charge in [-0.2, -0.15) is 5.26 Å². The Morgan fingerprint density at radius 3 is 2.65 bits per heavy atom. The fraction of sp³-hybridized carbons (Fsp3) is 0.273. The van der Waals surface area contributed by atoms with Gasteiger partial charge in [0.05, 0.1) is 18.1 Å². The zero-order chi connectivity index (χ0) is 13.0. The summed E-state index contributed by atoms with van der Waals surface area (Å²) in [5.41, 5.74) is 6.18. The molecule has 0 amide bonds. The van der Waals surface area contributed by atoms with Crippen molar-refractivity contribution in [2.45, 2.75) is 18.6 Å². The van der Waals surface area contributed by atoms with E-state index in [1.807, 2.05) is 6.07 Å².